The summed E-state index contributed by atoms with van der Waals surface area (Å²) in [5.41, 5.74) is 0.751. The van der Waals surface area contributed by atoms with Crippen LogP contribution in [0.1, 0.15) is 29.6 Å². The van der Waals surface area contributed by atoms with Crippen molar-refractivity contribution in [1.29, 1.82) is 0 Å². The number of hydrogen-bond acceptors (Lipinski definition) is 2. The predicted molar refractivity (Wildman–Crippen MR) is 71.6 cm³/mol. The average molecular weight is 258 g/mol. The van der Waals surface area contributed by atoms with Gasteiger partial charge in [0.05, 0.1) is 0 Å². The molecule has 2 aliphatic heterocycles. The third-order valence-electron chi connectivity index (χ3n) is 4.13. The fourth-order valence-electron chi connectivity index (χ4n) is 3.06. The number of rotatable bonds is 1. The van der Waals surface area contributed by atoms with Crippen molar-refractivity contribution < 1.29 is 9.59 Å². The molecule has 2 unspecified atom stereocenters. The largest absolute Gasteiger partial charge is 0.353 e. The summed E-state index contributed by atoms with van der Waals surface area (Å²) in [7, 11) is 0. The van der Waals surface area contributed by atoms with Crippen molar-refractivity contribution >= 4 is 11.8 Å². The Kier molecular flexibility index (Phi) is 3.23. The molecule has 1 aromatic carbocycles. The van der Waals surface area contributed by atoms with E-state index in [0.717, 1.165) is 31.5 Å². The molecule has 2 amide bonds. The Hall–Kier alpha value is -1.84. The Bertz CT molecular complexity index is 486. The van der Waals surface area contributed by atoms with Crippen molar-refractivity contribution in [2.75, 3.05) is 13.1 Å². The van der Waals surface area contributed by atoms with Crippen LogP contribution < -0.4 is 5.32 Å². The molecular formula is C15H18N2O2. The van der Waals surface area contributed by atoms with Crippen molar-refractivity contribution in [3.05, 3.63) is 35.9 Å². The van der Waals surface area contributed by atoms with E-state index in [2.05, 4.69) is 5.32 Å². The van der Waals surface area contributed by atoms with E-state index in [4.69, 9.17) is 0 Å². The number of fused-ring (bicyclic) bond motifs is 1. The molecule has 4 heteroatoms. The van der Waals surface area contributed by atoms with Crippen LogP contribution in [0.25, 0.3) is 0 Å². The van der Waals surface area contributed by atoms with Crippen LogP contribution in [-0.4, -0.2) is 35.8 Å². The lowest BCUT2D eigenvalue weighted by Crippen LogP contribution is -2.55. The molecule has 2 heterocycles. The van der Waals surface area contributed by atoms with Gasteiger partial charge in [-0.3, -0.25) is 9.59 Å². The highest BCUT2D eigenvalue weighted by Gasteiger charge is 2.35. The van der Waals surface area contributed by atoms with Gasteiger partial charge in [-0.2, -0.15) is 0 Å². The van der Waals surface area contributed by atoms with E-state index >= 15 is 0 Å². The molecule has 3 rings (SSSR count). The fourth-order valence-corrected chi connectivity index (χ4v) is 3.06. The lowest BCUT2D eigenvalue weighted by atomic mass is 9.85. The predicted octanol–water partition coefficient (Wildman–Crippen LogP) is 1.43. The zero-order chi connectivity index (χ0) is 13.2. The maximum atomic E-state index is 12.4. The van der Waals surface area contributed by atoms with E-state index in [1.165, 1.54) is 0 Å². The molecule has 1 N–H and O–H groups in total. The summed E-state index contributed by atoms with van der Waals surface area (Å²) in [6.07, 6.45) is 2.36. The lowest BCUT2D eigenvalue weighted by molar-refractivity contribution is -0.125. The molecule has 2 atom stereocenters. The first-order valence-corrected chi connectivity index (χ1v) is 6.88. The van der Waals surface area contributed by atoms with Gasteiger partial charge in [-0.25, -0.2) is 0 Å². The van der Waals surface area contributed by atoms with E-state index in [9.17, 15) is 9.59 Å². The smallest absolute Gasteiger partial charge is 0.253 e. The van der Waals surface area contributed by atoms with Gasteiger partial charge in [0.1, 0.15) is 0 Å². The van der Waals surface area contributed by atoms with Gasteiger partial charge in [0.25, 0.3) is 5.91 Å². The normalized spacial score (nSPS) is 26.5. The second-order valence-electron chi connectivity index (χ2n) is 5.38. The van der Waals surface area contributed by atoms with Crippen molar-refractivity contribution in [2.24, 2.45) is 5.92 Å². The third kappa shape index (κ3) is 2.48. The number of piperidine rings is 2. The third-order valence-corrected chi connectivity index (χ3v) is 4.13. The Morgan fingerprint density at radius 2 is 2.00 bits per heavy atom. The molecule has 2 aliphatic rings. The van der Waals surface area contributed by atoms with Gasteiger partial charge in [0.15, 0.2) is 0 Å². The van der Waals surface area contributed by atoms with Gasteiger partial charge in [-0.15, -0.1) is 0 Å². The highest BCUT2D eigenvalue weighted by molar-refractivity contribution is 5.94. The fraction of sp³-hybridized carbons (Fsp3) is 0.467. The molecule has 19 heavy (non-hydrogen) atoms. The number of benzene rings is 1. The molecule has 0 aliphatic carbocycles. The highest BCUT2D eigenvalue weighted by atomic mass is 16.2. The van der Waals surface area contributed by atoms with Gasteiger partial charge in [-0.05, 0) is 30.9 Å². The molecule has 2 fully saturated rings. The van der Waals surface area contributed by atoms with Crippen LogP contribution in [0.15, 0.2) is 30.3 Å². The monoisotopic (exact) mass is 258 g/mol. The number of hydrogen-bond donors (Lipinski definition) is 1. The van der Waals surface area contributed by atoms with Crippen molar-refractivity contribution in [3.63, 3.8) is 0 Å². The standard InChI is InChI=1S/C15H18N2O2/c18-14-7-6-12-10-17(9-8-13(12)16-14)15(19)11-4-2-1-3-5-11/h1-5,12-13H,6-10H2,(H,16,18). The first kappa shape index (κ1) is 12.2. The average Bonchev–Trinajstić information content (AvgIpc) is 2.47. The quantitative estimate of drug-likeness (QED) is 0.828. The van der Waals surface area contributed by atoms with E-state index in [-0.39, 0.29) is 17.9 Å². The number of nitrogens with zero attached hydrogens (tertiary/aromatic N) is 1. The van der Waals surface area contributed by atoms with Crippen LogP contribution in [-0.2, 0) is 4.79 Å². The first-order chi connectivity index (χ1) is 9.24. The minimum atomic E-state index is 0.107. The van der Waals surface area contributed by atoms with Crippen LogP contribution in [0.2, 0.25) is 0 Å². The molecule has 0 bridgehead atoms. The molecule has 0 aromatic heterocycles. The second-order valence-corrected chi connectivity index (χ2v) is 5.38. The Morgan fingerprint density at radius 3 is 2.79 bits per heavy atom. The Labute approximate surface area is 112 Å². The SMILES string of the molecule is O=C1CCC2CN(C(=O)c3ccccc3)CCC2N1. The molecule has 0 spiro atoms. The Balaban J connectivity index is 1.68. The van der Waals surface area contributed by atoms with Crippen LogP contribution in [0.3, 0.4) is 0 Å². The lowest BCUT2D eigenvalue weighted by Gasteiger charge is -2.41. The van der Waals surface area contributed by atoms with E-state index in [0.29, 0.717) is 12.3 Å². The molecule has 0 saturated carbocycles. The van der Waals surface area contributed by atoms with Crippen LogP contribution in [0.5, 0.6) is 0 Å². The number of carbonyl (C=O) groups is 2. The van der Waals surface area contributed by atoms with E-state index in [1.807, 2.05) is 35.2 Å². The van der Waals surface area contributed by atoms with Crippen molar-refractivity contribution in [1.82, 2.24) is 10.2 Å². The van der Waals surface area contributed by atoms with Crippen molar-refractivity contribution in [3.8, 4) is 0 Å². The number of likely N-dealkylation sites (tertiary alicyclic amines) is 1. The summed E-state index contributed by atoms with van der Waals surface area (Å²) in [5.74, 6) is 0.680. The molecule has 100 valence electrons. The molecule has 2 saturated heterocycles. The minimum absolute atomic E-state index is 0.107. The maximum Gasteiger partial charge on any atom is 0.253 e. The molecule has 1 aromatic rings. The second kappa shape index (κ2) is 5.03. The summed E-state index contributed by atoms with van der Waals surface area (Å²) in [6, 6.07) is 9.68. The topological polar surface area (TPSA) is 49.4 Å². The van der Waals surface area contributed by atoms with Crippen LogP contribution in [0, 0.1) is 5.92 Å². The number of carbonyl (C=O) groups excluding carboxylic acids is 2. The van der Waals surface area contributed by atoms with Gasteiger partial charge >= 0.3 is 0 Å². The van der Waals surface area contributed by atoms with Gasteiger partial charge < -0.3 is 10.2 Å². The van der Waals surface area contributed by atoms with E-state index < -0.39 is 0 Å². The number of nitrogens with one attached hydrogen (secondary N) is 1. The molecule has 0 radical (unpaired) electrons. The summed E-state index contributed by atoms with van der Waals surface area (Å²) >= 11 is 0. The number of amides is 2. The Morgan fingerprint density at radius 1 is 1.21 bits per heavy atom. The summed E-state index contributed by atoms with van der Waals surface area (Å²) < 4.78 is 0. The molecular weight excluding hydrogens is 240 g/mol. The van der Waals surface area contributed by atoms with Crippen LogP contribution >= 0.6 is 0 Å². The van der Waals surface area contributed by atoms with Gasteiger partial charge in [0.2, 0.25) is 5.91 Å². The zero-order valence-corrected chi connectivity index (χ0v) is 10.8. The summed E-state index contributed by atoms with van der Waals surface area (Å²) in [5, 5.41) is 3.04. The zero-order valence-electron chi connectivity index (χ0n) is 10.8. The first-order valence-electron chi connectivity index (χ1n) is 6.88. The van der Waals surface area contributed by atoms with Gasteiger partial charge in [-0.1, -0.05) is 18.2 Å². The minimum Gasteiger partial charge on any atom is -0.353 e. The highest BCUT2D eigenvalue weighted by Crippen LogP contribution is 2.26. The van der Waals surface area contributed by atoms with Crippen molar-refractivity contribution in [2.45, 2.75) is 25.3 Å². The summed E-state index contributed by atoms with van der Waals surface area (Å²) in [6.45, 7) is 1.49. The summed E-state index contributed by atoms with van der Waals surface area (Å²) in [4.78, 5) is 25.7. The van der Waals surface area contributed by atoms with Gasteiger partial charge in [0, 0.05) is 31.1 Å². The molecule has 4 nitrogen and oxygen atoms in total. The van der Waals surface area contributed by atoms with Crippen LogP contribution in [0.4, 0.5) is 0 Å². The maximum absolute atomic E-state index is 12.4. The van der Waals surface area contributed by atoms with E-state index in [1.54, 1.807) is 0 Å².